The molecule has 0 saturated heterocycles. The highest BCUT2D eigenvalue weighted by atomic mass is 35.5. The van der Waals surface area contributed by atoms with Crippen LogP contribution in [0.25, 0.3) is 0 Å². The van der Waals surface area contributed by atoms with E-state index in [2.05, 4.69) is 4.72 Å². The second-order valence-electron chi connectivity index (χ2n) is 6.17. The summed E-state index contributed by atoms with van der Waals surface area (Å²) in [5.41, 5.74) is 4.96. The lowest BCUT2D eigenvalue weighted by Gasteiger charge is -2.29. The lowest BCUT2D eigenvalue weighted by atomic mass is 9.84. The van der Waals surface area contributed by atoms with Gasteiger partial charge in [0.2, 0.25) is 10.0 Å². The molecule has 3 N–H and O–H groups in total. The van der Waals surface area contributed by atoms with Crippen molar-refractivity contribution in [1.82, 2.24) is 4.72 Å². The van der Waals surface area contributed by atoms with Crippen molar-refractivity contribution in [3.8, 4) is 0 Å². The van der Waals surface area contributed by atoms with Gasteiger partial charge in [0, 0.05) is 18.7 Å². The Morgan fingerprint density at radius 2 is 1.96 bits per heavy atom. The first-order chi connectivity index (χ1) is 11.3. The number of hydrogen-bond donors (Lipinski definition) is 2. The molecular weight excluding hydrogens is 373 g/mol. The van der Waals surface area contributed by atoms with Gasteiger partial charge >= 0.3 is 0 Å². The van der Waals surface area contributed by atoms with Gasteiger partial charge in [-0.05, 0) is 31.7 Å². The number of nitro groups is 1. The van der Waals surface area contributed by atoms with Gasteiger partial charge in [0.15, 0.2) is 0 Å². The van der Waals surface area contributed by atoms with Crippen LogP contribution in [0.2, 0.25) is 0 Å². The number of sulfonamides is 1. The third-order valence-corrected chi connectivity index (χ3v) is 6.05. The summed E-state index contributed by atoms with van der Waals surface area (Å²) >= 11 is 0. The molecule has 0 heterocycles. The second kappa shape index (κ2) is 8.88. The van der Waals surface area contributed by atoms with Crippen molar-refractivity contribution in [2.24, 2.45) is 11.7 Å². The number of nitrogens with zero attached hydrogens (tertiary/aromatic N) is 1. The topological polar surface area (TPSA) is 115 Å². The molecule has 1 saturated carbocycles. The van der Waals surface area contributed by atoms with Gasteiger partial charge in [-0.2, -0.15) is 0 Å². The molecule has 0 bridgehead atoms. The Bertz CT molecular complexity index is 724. The molecule has 1 aliphatic carbocycles. The van der Waals surface area contributed by atoms with Crippen molar-refractivity contribution >= 4 is 28.1 Å². The van der Waals surface area contributed by atoms with E-state index in [4.69, 9.17) is 5.73 Å². The second-order valence-corrected chi connectivity index (χ2v) is 7.88. The number of rotatable bonds is 6. The number of nitrogens with two attached hydrogens (primary N) is 1. The molecule has 2 rings (SSSR count). The summed E-state index contributed by atoms with van der Waals surface area (Å²) in [7, 11) is -4.09. The summed E-state index contributed by atoms with van der Waals surface area (Å²) in [6.07, 6.45) is 4.93. The number of benzene rings is 1. The molecule has 142 valence electrons. The van der Waals surface area contributed by atoms with Crippen molar-refractivity contribution < 1.29 is 17.7 Å². The van der Waals surface area contributed by atoms with Crippen molar-refractivity contribution in [3.63, 3.8) is 0 Å². The van der Waals surface area contributed by atoms with Crippen LogP contribution in [0.4, 0.5) is 10.1 Å². The summed E-state index contributed by atoms with van der Waals surface area (Å²) in [4.78, 5) is 9.74. The molecule has 1 aliphatic rings. The molecule has 1 atom stereocenters. The molecule has 0 amide bonds. The maximum absolute atomic E-state index is 13.9. The predicted molar refractivity (Wildman–Crippen MR) is 94.8 cm³/mol. The van der Waals surface area contributed by atoms with Crippen LogP contribution in [-0.4, -0.2) is 25.9 Å². The fraction of sp³-hybridized carbons (Fsp3) is 0.600. The normalized spacial score (nSPS) is 16.9. The largest absolute Gasteiger partial charge is 0.329 e. The Kier molecular flexibility index (Phi) is 7.73. The van der Waals surface area contributed by atoms with Gasteiger partial charge in [-0.3, -0.25) is 10.1 Å². The minimum Gasteiger partial charge on any atom is -0.329 e. The molecule has 1 aromatic carbocycles. The number of nitrogens with one attached hydrogen (secondary N) is 1. The Labute approximate surface area is 152 Å². The first-order valence-corrected chi connectivity index (χ1v) is 9.41. The van der Waals surface area contributed by atoms with Crippen LogP contribution in [-0.2, 0) is 10.0 Å². The van der Waals surface area contributed by atoms with E-state index in [-0.39, 0.29) is 30.4 Å². The standard InChI is InChI=1S/C15H22FN3O4S.ClH/c1-10-13(16)7-12(8-15(10)19(20)21)24(22,23)18-14(9-17)11-5-3-2-4-6-11;/h7-8,11,14,18H,2-6,9,17H2,1H3;1H. The molecule has 0 radical (unpaired) electrons. The Morgan fingerprint density at radius 1 is 1.36 bits per heavy atom. The fourth-order valence-corrected chi connectivity index (χ4v) is 4.47. The molecule has 10 heteroatoms. The highest BCUT2D eigenvalue weighted by Gasteiger charge is 2.29. The van der Waals surface area contributed by atoms with Crippen LogP contribution in [0.1, 0.15) is 37.7 Å². The lowest BCUT2D eigenvalue weighted by Crippen LogP contribution is -2.45. The van der Waals surface area contributed by atoms with Crippen LogP contribution in [0.15, 0.2) is 17.0 Å². The van der Waals surface area contributed by atoms with E-state index in [0.717, 1.165) is 44.2 Å². The van der Waals surface area contributed by atoms with E-state index in [9.17, 15) is 22.9 Å². The fourth-order valence-electron chi connectivity index (χ4n) is 3.13. The number of halogens is 2. The minimum atomic E-state index is -4.09. The van der Waals surface area contributed by atoms with Gasteiger partial charge in [-0.15, -0.1) is 12.4 Å². The lowest BCUT2D eigenvalue weighted by molar-refractivity contribution is -0.385. The molecule has 0 spiro atoms. The zero-order chi connectivity index (χ0) is 17.9. The first kappa shape index (κ1) is 21.8. The van der Waals surface area contributed by atoms with Crippen LogP contribution in [0.5, 0.6) is 0 Å². The zero-order valence-electron chi connectivity index (χ0n) is 13.9. The molecule has 25 heavy (non-hydrogen) atoms. The van der Waals surface area contributed by atoms with Crippen LogP contribution < -0.4 is 10.5 Å². The first-order valence-electron chi connectivity index (χ1n) is 7.93. The predicted octanol–water partition coefficient (Wildman–Crippen LogP) is 2.65. The highest BCUT2D eigenvalue weighted by Crippen LogP contribution is 2.28. The van der Waals surface area contributed by atoms with Crippen molar-refractivity contribution in [2.75, 3.05) is 6.54 Å². The van der Waals surface area contributed by atoms with Gasteiger partial charge in [0.05, 0.1) is 15.4 Å². The molecule has 7 nitrogen and oxygen atoms in total. The molecule has 0 aliphatic heterocycles. The van der Waals surface area contributed by atoms with Crippen LogP contribution in [0.3, 0.4) is 0 Å². The number of hydrogen-bond acceptors (Lipinski definition) is 5. The maximum Gasteiger partial charge on any atom is 0.276 e. The average molecular weight is 396 g/mol. The summed E-state index contributed by atoms with van der Waals surface area (Å²) in [6, 6.07) is 1.23. The molecule has 1 fully saturated rings. The van der Waals surface area contributed by atoms with E-state index in [0.29, 0.717) is 0 Å². The SMILES string of the molecule is Cc1c(F)cc(S(=O)(=O)NC(CN)C2CCCCC2)cc1[N+](=O)[O-].Cl. The summed E-state index contributed by atoms with van der Waals surface area (Å²) in [5, 5.41) is 11.0. The van der Waals surface area contributed by atoms with Crippen LogP contribution >= 0.6 is 12.4 Å². The molecule has 0 aromatic heterocycles. The molecule has 1 unspecified atom stereocenters. The van der Waals surface area contributed by atoms with E-state index in [1.807, 2.05) is 0 Å². The molecular formula is C15H23ClFN3O4S. The van der Waals surface area contributed by atoms with E-state index in [1.165, 1.54) is 6.92 Å². The van der Waals surface area contributed by atoms with Crippen LogP contribution in [0, 0.1) is 28.8 Å². The van der Waals surface area contributed by atoms with E-state index < -0.39 is 37.4 Å². The minimum absolute atomic E-state index is 0. The Balaban J connectivity index is 0.00000312. The third-order valence-electron chi connectivity index (χ3n) is 4.58. The third kappa shape index (κ3) is 5.10. The highest BCUT2D eigenvalue weighted by molar-refractivity contribution is 7.89. The van der Waals surface area contributed by atoms with Crippen molar-refractivity contribution in [1.29, 1.82) is 0 Å². The van der Waals surface area contributed by atoms with Gasteiger partial charge < -0.3 is 5.73 Å². The number of nitro benzene ring substituents is 1. The van der Waals surface area contributed by atoms with Gasteiger partial charge in [0.1, 0.15) is 5.82 Å². The van der Waals surface area contributed by atoms with Gasteiger partial charge in [-0.25, -0.2) is 17.5 Å². The molecule has 1 aromatic rings. The quantitative estimate of drug-likeness (QED) is 0.567. The van der Waals surface area contributed by atoms with E-state index in [1.54, 1.807) is 0 Å². The van der Waals surface area contributed by atoms with E-state index >= 15 is 0 Å². The maximum atomic E-state index is 13.9. The zero-order valence-corrected chi connectivity index (χ0v) is 15.5. The van der Waals surface area contributed by atoms with Gasteiger partial charge in [0.25, 0.3) is 5.69 Å². The van der Waals surface area contributed by atoms with Crippen molar-refractivity contribution in [3.05, 3.63) is 33.6 Å². The smallest absolute Gasteiger partial charge is 0.276 e. The Morgan fingerprint density at radius 3 is 2.48 bits per heavy atom. The Hall–Kier alpha value is -1.29. The summed E-state index contributed by atoms with van der Waals surface area (Å²) < 4.78 is 41.4. The van der Waals surface area contributed by atoms with Crippen molar-refractivity contribution in [2.45, 2.75) is 50.0 Å². The summed E-state index contributed by atoms with van der Waals surface area (Å²) in [5.74, 6) is -0.796. The van der Waals surface area contributed by atoms with Gasteiger partial charge in [-0.1, -0.05) is 19.3 Å². The monoisotopic (exact) mass is 395 g/mol. The summed E-state index contributed by atoms with van der Waals surface area (Å²) in [6.45, 7) is 1.36. The average Bonchev–Trinajstić information content (AvgIpc) is 2.55.